The zero-order valence-electron chi connectivity index (χ0n) is 9.26. The Balaban J connectivity index is 2.27. The first-order valence-electron chi connectivity index (χ1n) is 5.05. The Labute approximate surface area is 104 Å². The molecule has 0 aliphatic carbocycles. The van der Waals surface area contributed by atoms with Crippen LogP contribution in [-0.4, -0.2) is 23.9 Å². The molecule has 1 unspecified atom stereocenters. The Morgan fingerprint density at radius 2 is 2.24 bits per heavy atom. The standard InChI is InChI=1S/C11H12ClN3O2/c1-16-6-9(13)11-14-10(15-17-11)7-4-2-3-5-8(7)12/h2-5,9H,6,13H2,1H3. The number of ether oxygens (including phenoxy) is 1. The van der Waals surface area contributed by atoms with Crippen molar-refractivity contribution >= 4 is 11.6 Å². The molecule has 5 nitrogen and oxygen atoms in total. The minimum atomic E-state index is -0.427. The van der Waals surface area contributed by atoms with Crippen LogP contribution in [0.4, 0.5) is 0 Å². The van der Waals surface area contributed by atoms with E-state index in [9.17, 15) is 0 Å². The van der Waals surface area contributed by atoms with E-state index in [2.05, 4.69) is 10.1 Å². The molecule has 0 bridgehead atoms. The molecule has 2 aromatic rings. The molecule has 1 aromatic carbocycles. The second-order valence-electron chi connectivity index (χ2n) is 3.50. The fourth-order valence-electron chi connectivity index (χ4n) is 1.39. The van der Waals surface area contributed by atoms with Gasteiger partial charge < -0.3 is 15.0 Å². The highest BCUT2D eigenvalue weighted by atomic mass is 35.5. The summed E-state index contributed by atoms with van der Waals surface area (Å²) in [6, 6.07) is 6.85. The fraction of sp³-hybridized carbons (Fsp3) is 0.273. The van der Waals surface area contributed by atoms with Crippen molar-refractivity contribution in [1.29, 1.82) is 0 Å². The monoisotopic (exact) mass is 253 g/mol. The number of hydrogen-bond donors (Lipinski definition) is 1. The molecule has 0 radical (unpaired) electrons. The van der Waals surface area contributed by atoms with Crippen molar-refractivity contribution in [2.45, 2.75) is 6.04 Å². The number of benzene rings is 1. The van der Waals surface area contributed by atoms with Crippen molar-refractivity contribution in [3.8, 4) is 11.4 Å². The highest BCUT2D eigenvalue weighted by molar-refractivity contribution is 6.33. The van der Waals surface area contributed by atoms with E-state index in [1.807, 2.05) is 18.2 Å². The number of hydrogen-bond acceptors (Lipinski definition) is 5. The van der Waals surface area contributed by atoms with Gasteiger partial charge in [0, 0.05) is 12.7 Å². The normalized spacial score (nSPS) is 12.6. The summed E-state index contributed by atoms with van der Waals surface area (Å²) in [6.45, 7) is 0.324. The first kappa shape index (κ1) is 12.0. The van der Waals surface area contributed by atoms with Gasteiger partial charge in [-0.25, -0.2) is 0 Å². The number of halogens is 1. The van der Waals surface area contributed by atoms with Crippen LogP contribution in [0, 0.1) is 0 Å². The van der Waals surface area contributed by atoms with Gasteiger partial charge in [0.2, 0.25) is 11.7 Å². The van der Waals surface area contributed by atoms with Crippen molar-refractivity contribution in [1.82, 2.24) is 10.1 Å². The lowest BCUT2D eigenvalue weighted by atomic mass is 10.2. The molecule has 1 heterocycles. The Kier molecular flexibility index (Phi) is 3.73. The number of aromatic nitrogens is 2. The Morgan fingerprint density at radius 1 is 1.47 bits per heavy atom. The predicted octanol–water partition coefficient (Wildman–Crippen LogP) is 2.04. The second kappa shape index (κ2) is 5.27. The van der Waals surface area contributed by atoms with E-state index in [4.69, 9.17) is 26.6 Å². The zero-order valence-corrected chi connectivity index (χ0v) is 10.0. The molecular formula is C11H12ClN3O2. The van der Waals surface area contributed by atoms with Gasteiger partial charge in [-0.2, -0.15) is 4.98 Å². The lowest BCUT2D eigenvalue weighted by Gasteiger charge is -2.02. The van der Waals surface area contributed by atoms with Gasteiger partial charge in [0.15, 0.2) is 0 Å². The van der Waals surface area contributed by atoms with Crippen LogP contribution in [0.15, 0.2) is 28.8 Å². The summed E-state index contributed by atoms with van der Waals surface area (Å²) in [5.74, 6) is 0.763. The predicted molar refractivity (Wildman–Crippen MR) is 63.5 cm³/mol. The molecule has 2 rings (SSSR count). The largest absolute Gasteiger partial charge is 0.383 e. The molecule has 0 amide bonds. The highest BCUT2D eigenvalue weighted by Crippen LogP contribution is 2.25. The molecule has 1 atom stereocenters. The zero-order chi connectivity index (χ0) is 12.3. The number of nitrogens with two attached hydrogens (primary N) is 1. The van der Waals surface area contributed by atoms with Gasteiger partial charge in [0.25, 0.3) is 0 Å². The first-order valence-corrected chi connectivity index (χ1v) is 5.43. The average Bonchev–Trinajstić information content (AvgIpc) is 2.79. The van der Waals surface area contributed by atoms with Gasteiger partial charge in [-0.1, -0.05) is 28.9 Å². The molecule has 0 saturated carbocycles. The molecule has 2 N–H and O–H groups in total. The van der Waals surface area contributed by atoms with Crippen LogP contribution in [0.1, 0.15) is 11.9 Å². The summed E-state index contributed by atoms with van der Waals surface area (Å²) in [5.41, 5.74) is 6.50. The summed E-state index contributed by atoms with van der Waals surface area (Å²) in [5, 5.41) is 4.41. The Hall–Kier alpha value is -1.43. The van der Waals surface area contributed by atoms with E-state index in [1.165, 1.54) is 0 Å². The molecule has 6 heteroatoms. The van der Waals surface area contributed by atoms with Crippen LogP contribution >= 0.6 is 11.6 Å². The lowest BCUT2D eigenvalue weighted by Crippen LogP contribution is -2.16. The van der Waals surface area contributed by atoms with E-state index in [1.54, 1.807) is 13.2 Å². The van der Waals surface area contributed by atoms with Gasteiger partial charge in [0.1, 0.15) is 6.04 Å². The molecule has 90 valence electrons. The number of rotatable bonds is 4. The molecule has 0 saturated heterocycles. The van der Waals surface area contributed by atoms with E-state index < -0.39 is 6.04 Å². The van der Waals surface area contributed by atoms with Crippen molar-refractivity contribution in [3.05, 3.63) is 35.2 Å². The van der Waals surface area contributed by atoms with Gasteiger partial charge >= 0.3 is 0 Å². The van der Waals surface area contributed by atoms with E-state index in [-0.39, 0.29) is 0 Å². The van der Waals surface area contributed by atoms with Gasteiger partial charge in [0.05, 0.1) is 11.6 Å². The average molecular weight is 254 g/mol. The maximum Gasteiger partial charge on any atom is 0.246 e. The minimum Gasteiger partial charge on any atom is -0.383 e. The van der Waals surface area contributed by atoms with E-state index in [0.717, 1.165) is 0 Å². The van der Waals surface area contributed by atoms with E-state index in [0.29, 0.717) is 28.9 Å². The maximum absolute atomic E-state index is 6.03. The topological polar surface area (TPSA) is 74.2 Å². The summed E-state index contributed by atoms with van der Waals surface area (Å²) in [7, 11) is 1.56. The van der Waals surface area contributed by atoms with Crippen LogP contribution in [0.25, 0.3) is 11.4 Å². The van der Waals surface area contributed by atoms with Crippen molar-refractivity contribution < 1.29 is 9.26 Å². The molecular weight excluding hydrogens is 242 g/mol. The van der Waals surface area contributed by atoms with Gasteiger partial charge in [-0.15, -0.1) is 0 Å². The van der Waals surface area contributed by atoms with Crippen LogP contribution < -0.4 is 5.73 Å². The van der Waals surface area contributed by atoms with Crippen molar-refractivity contribution in [3.63, 3.8) is 0 Å². The Morgan fingerprint density at radius 3 is 2.94 bits per heavy atom. The SMILES string of the molecule is COCC(N)c1nc(-c2ccccc2Cl)no1. The fourth-order valence-corrected chi connectivity index (χ4v) is 1.61. The molecule has 17 heavy (non-hydrogen) atoms. The van der Waals surface area contributed by atoms with Gasteiger partial charge in [-0.05, 0) is 12.1 Å². The molecule has 0 spiro atoms. The van der Waals surface area contributed by atoms with Crippen LogP contribution in [-0.2, 0) is 4.74 Å². The van der Waals surface area contributed by atoms with Crippen LogP contribution in [0.2, 0.25) is 5.02 Å². The molecule has 0 fully saturated rings. The quantitative estimate of drug-likeness (QED) is 0.903. The Bertz CT molecular complexity index is 501. The third-order valence-electron chi connectivity index (χ3n) is 2.22. The second-order valence-corrected chi connectivity index (χ2v) is 3.91. The lowest BCUT2D eigenvalue weighted by molar-refractivity contribution is 0.166. The highest BCUT2D eigenvalue weighted by Gasteiger charge is 2.16. The smallest absolute Gasteiger partial charge is 0.246 e. The summed E-state index contributed by atoms with van der Waals surface area (Å²) >= 11 is 6.03. The third kappa shape index (κ3) is 2.63. The first-order chi connectivity index (χ1) is 8.22. The third-order valence-corrected chi connectivity index (χ3v) is 2.55. The van der Waals surface area contributed by atoms with Gasteiger partial charge in [-0.3, -0.25) is 0 Å². The summed E-state index contributed by atoms with van der Waals surface area (Å²) in [6.07, 6.45) is 0. The van der Waals surface area contributed by atoms with Crippen molar-refractivity contribution in [2.24, 2.45) is 5.73 Å². The summed E-state index contributed by atoms with van der Waals surface area (Å²) < 4.78 is 9.98. The van der Waals surface area contributed by atoms with E-state index >= 15 is 0 Å². The number of nitrogens with zero attached hydrogens (tertiary/aromatic N) is 2. The van der Waals surface area contributed by atoms with Crippen LogP contribution in [0.5, 0.6) is 0 Å². The van der Waals surface area contributed by atoms with Crippen molar-refractivity contribution in [2.75, 3.05) is 13.7 Å². The summed E-state index contributed by atoms with van der Waals surface area (Å²) in [4.78, 5) is 4.19. The number of methoxy groups -OCH3 is 1. The molecule has 0 aliphatic heterocycles. The van der Waals surface area contributed by atoms with Crippen LogP contribution in [0.3, 0.4) is 0 Å². The molecule has 1 aromatic heterocycles. The minimum absolute atomic E-state index is 0.324. The molecule has 0 aliphatic rings. The maximum atomic E-state index is 6.03.